The molecule has 1 aliphatic rings. The van der Waals surface area contributed by atoms with Crippen molar-refractivity contribution in [3.05, 3.63) is 29.8 Å². The minimum atomic E-state index is 0.0726. The normalized spacial score (nSPS) is 18.4. The number of para-hydroxylation sites is 1. The van der Waals surface area contributed by atoms with Gasteiger partial charge in [0.15, 0.2) is 0 Å². The van der Waals surface area contributed by atoms with Crippen LogP contribution >= 0.6 is 0 Å². The molecule has 0 bridgehead atoms. The van der Waals surface area contributed by atoms with Gasteiger partial charge in [-0.1, -0.05) is 25.1 Å². The van der Waals surface area contributed by atoms with E-state index >= 15 is 0 Å². The SMILES string of the molecule is CCC(C#N)N1CCN(Cc2ccccc2OC)CC1. The fourth-order valence-corrected chi connectivity index (χ4v) is 2.74. The van der Waals surface area contributed by atoms with Crippen LogP contribution in [-0.2, 0) is 6.54 Å². The van der Waals surface area contributed by atoms with Crippen molar-refractivity contribution in [3.8, 4) is 11.8 Å². The van der Waals surface area contributed by atoms with Gasteiger partial charge in [0.1, 0.15) is 5.75 Å². The highest BCUT2D eigenvalue weighted by Gasteiger charge is 2.22. The van der Waals surface area contributed by atoms with Crippen molar-refractivity contribution in [3.63, 3.8) is 0 Å². The number of rotatable bonds is 5. The van der Waals surface area contributed by atoms with Crippen LogP contribution in [0.5, 0.6) is 5.75 Å². The predicted molar refractivity (Wildman–Crippen MR) is 79.5 cm³/mol. The Bertz CT molecular complexity index is 461. The fourth-order valence-electron chi connectivity index (χ4n) is 2.74. The lowest BCUT2D eigenvalue weighted by molar-refractivity contribution is 0.107. The van der Waals surface area contributed by atoms with E-state index in [1.54, 1.807) is 7.11 Å². The lowest BCUT2D eigenvalue weighted by Crippen LogP contribution is -2.49. The molecule has 1 atom stereocenters. The molecule has 0 amide bonds. The minimum Gasteiger partial charge on any atom is -0.496 e. The van der Waals surface area contributed by atoms with E-state index in [4.69, 9.17) is 10.00 Å². The molecule has 1 aromatic carbocycles. The van der Waals surface area contributed by atoms with Gasteiger partial charge in [-0.25, -0.2) is 0 Å². The molecule has 0 spiro atoms. The van der Waals surface area contributed by atoms with Crippen LogP contribution in [0.3, 0.4) is 0 Å². The highest BCUT2D eigenvalue weighted by Crippen LogP contribution is 2.20. The van der Waals surface area contributed by atoms with Gasteiger partial charge < -0.3 is 4.74 Å². The van der Waals surface area contributed by atoms with Gasteiger partial charge >= 0.3 is 0 Å². The van der Waals surface area contributed by atoms with E-state index in [1.807, 2.05) is 12.1 Å². The first-order valence-electron chi connectivity index (χ1n) is 7.26. The topological polar surface area (TPSA) is 39.5 Å². The molecule has 2 rings (SSSR count). The molecule has 0 N–H and O–H groups in total. The summed E-state index contributed by atoms with van der Waals surface area (Å²) in [5, 5.41) is 9.13. The van der Waals surface area contributed by atoms with E-state index in [0.717, 1.165) is 44.9 Å². The monoisotopic (exact) mass is 273 g/mol. The number of benzene rings is 1. The van der Waals surface area contributed by atoms with Crippen LogP contribution in [0.4, 0.5) is 0 Å². The molecule has 0 saturated carbocycles. The first-order valence-corrected chi connectivity index (χ1v) is 7.26. The lowest BCUT2D eigenvalue weighted by atomic mass is 10.1. The highest BCUT2D eigenvalue weighted by molar-refractivity contribution is 5.33. The quantitative estimate of drug-likeness (QED) is 0.824. The van der Waals surface area contributed by atoms with Crippen molar-refractivity contribution in [1.82, 2.24) is 9.80 Å². The maximum atomic E-state index is 9.13. The van der Waals surface area contributed by atoms with Crippen LogP contribution in [-0.4, -0.2) is 49.1 Å². The molecule has 1 fully saturated rings. The summed E-state index contributed by atoms with van der Waals surface area (Å²) in [6.07, 6.45) is 0.906. The molecule has 1 aromatic rings. The molecule has 0 radical (unpaired) electrons. The van der Waals surface area contributed by atoms with Crippen LogP contribution in [0.25, 0.3) is 0 Å². The van der Waals surface area contributed by atoms with E-state index in [-0.39, 0.29) is 6.04 Å². The van der Waals surface area contributed by atoms with Gasteiger partial charge in [-0.15, -0.1) is 0 Å². The van der Waals surface area contributed by atoms with Crippen LogP contribution in [0.15, 0.2) is 24.3 Å². The van der Waals surface area contributed by atoms with Gasteiger partial charge in [-0.05, 0) is 12.5 Å². The van der Waals surface area contributed by atoms with Crippen LogP contribution in [0.1, 0.15) is 18.9 Å². The fraction of sp³-hybridized carbons (Fsp3) is 0.562. The Hall–Kier alpha value is -1.57. The average molecular weight is 273 g/mol. The van der Waals surface area contributed by atoms with Crippen molar-refractivity contribution in [2.45, 2.75) is 25.9 Å². The molecule has 1 aliphatic heterocycles. The zero-order valence-corrected chi connectivity index (χ0v) is 12.4. The maximum absolute atomic E-state index is 9.13. The molecule has 1 heterocycles. The summed E-state index contributed by atoms with van der Waals surface area (Å²) in [4.78, 5) is 4.72. The number of piperazine rings is 1. The van der Waals surface area contributed by atoms with Gasteiger partial charge in [0.05, 0.1) is 19.2 Å². The van der Waals surface area contributed by atoms with E-state index < -0.39 is 0 Å². The van der Waals surface area contributed by atoms with Crippen molar-refractivity contribution < 1.29 is 4.74 Å². The predicted octanol–water partition coefficient (Wildman–Crippen LogP) is 2.11. The zero-order valence-electron chi connectivity index (χ0n) is 12.4. The number of nitriles is 1. The second-order valence-corrected chi connectivity index (χ2v) is 5.18. The van der Waals surface area contributed by atoms with E-state index in [9.17, 15) is 0 Å². The van der Waals surface area contributed by atoms with Gasteiger partial charge in [0.2, 0.25) is 0 Å². The van der Waals surface area contributed by atoms with Gasteiger partial charge in [0.25, 0.3) is 0 Å². The third-order valence-electron chi connectivity index (χ3n) is 3.97. The Morgan fingerprint density at radius 1 is 1.25 bits per heavy atom. The van der Waals surface area contributed by atoms with Gasteiger partial charge in [-0.3, -0.25) is 9.80 Å². The third kappa shape index (κ3) is 3.50. The summed E-state index contributed by atoms with van der Waals surface area (Å²) < 4.78 is 5.40. The Morgan fingerprint density at radius 3 is 2.55 bits per heavy atom. The number of methoxy groups -OCH3 is 1. The molecule has 0 aromatic heterocycles. The summed E-state index contributed by atoms with van der Waals surface area (Å²) in [6, 6.07) is 10.6. The summed E-state index contributed by atoms with van der Waals surface area (Å²) in [7, 11) is 1.72. The van der Waals surface area contributed by atoms with Crippen molar-refractivity contribution >= 4 is 0 Å². The van der Waals surface area contributed by atoms with Crippen molar-refractivity contribution in [2.24, 2.45) is 0 Å². The number of hydrogen-bond acceptors (Lipinski definition) is 4. The molecule has 4 heteroatoms. The Balaban J connectivity index is 1.90. The Morgan fingerprint density at radius 2 is 1.95 bits per heavy atom. The standard InChI is InChI=1S/C16H23N3O/c1-3-15(12-17)19-10-8-18(9-11-19)13-14-6-4-5-7-16(14)20-2/h4-7,15H,3,8-11,13H2,1-2H3. The Labute approximate surface area is 121 Å². The van der Waals surface area contributed by atoms with E-state index in [0.29, 0.717) is 0 Å². The summed E-state index contributed by atoms with van der Waals surface area (Å²) in [6.45, 7) is 6.96. The van der Waals surface area contributed by atoms with Crippen LogP contribution < -0.4 is 4.74 Å². The van der Waals surface area contributed by atoms with E-state index in [2.05, 4.69) is 34.9 Å². The molecule has 20 heavy (non-hydrogen) atoms. The molecule has 0 aliphatic carbocycles. The van der Waals surface area contributed by atoms with Crippen LogP contribution in [0, 0.1) is 11.3 Å². The smallest absolute Gasteiger partial charge is 0.123 e. The highest BCUT2D eigenvalue weighted by atomic mass is 16.5. The largest absolute Gasteiger partial charge is 0.496 e. The number of ether oxygens (including phenoxy) is 1. The maximum Gasteiger partial charge on any atom is 0.123 e. The molecule has 108 valence electrons. The van der Waals surface area contributed by atoms with Crippen LogP contribution in [0.2, 0.25) is 0 Å². The second kappa shape index (κ2) is 7.28. The first kappa shape index (κ1) is 14.8. The zero-order chi connectivity index (χ0) is 14.4. The first-order chi connectivity index (χ1) is 9.78. The molecule has 1 saturated heterocycles. The van der Waals surface area contributed by atoms with E-state index in [1.165, 1.54) is 5.56 Å². The number of hydrogen-bond donors (Lipinski definition) is 0. The summed E-state index contributed by atoms with van der Waals surface area (Å²) in [5.41, 5.74) is 1.23. The molecule has 4 nitrogen and oxygen atoms in total. The van der Waals surface area contributed by atoms with Crippen molar-refractivity contribution in [1.29, 1.82) is 5.26 Å². The third-order valence-corrected chi connectivity index (χ3v) is 3.97. The molecular formula is C16H23N3O. The molecule has 1 unspecified atom stereocenters. The Kier molecular flexibility index (Phi) is 5.40. The van der Waals surface area contributed by atoms with Gasteiger partial charge in [-0.2, -0.15) is 5.26 Å². The minimum absolute atomic E-state index is 0.0726. The lowest BCUT2D eigenvalue weighted by Gasteiger charge is -2.36. The average Bonchev–Trinajstić information content (AvgIpc) is 2.51. The number of nitrogens with zero attached hydrogens (tertiary/aromatic N) is 3. The van der Waals surface area contributed by atoms with Gasteiger partial charge in [0, 0.05) is 38.3 Å². The summed E-state index contributed by atoms with van der Waals surface area (Å²) >= 11 is 0. The molecular weight excluding hydrogens is 250 g/mol. The second-order valence-electron chi connectivity index (χ2n) is 5.18. The summed E-state index contributed by atoms with van der Waals surface area (Å²) in [5.74, 6) is 0.957. The van der Waals surface area contributed by atoms with Crippen molar-refractivity contribution in [2.75, 3.05) is 33.3 Å².